The van der Waals surface area contributed by atoms with Crippen molar-refractivity contribution in [2.45, 2.75) is 56.7 Å². The number of carbonyl (C=O) groups is 1. The normalized spacial score (nSPS) is 13.2. The topological polar surface area (TPSA) is 89.3 Å². The van der Waals surface area contributed by atoms with Gasteiger partial charge in [-0.3, -0.25) is 4.79 Å². The summed E-state index contributed by atoms with van der Waals surface area (Å²) in [6.45, 7) is 7.07. The first-order chi connectivity index (χ1) is 9.73. The number of nitrogens with two attached hydrogens (primary N) is 1. The summed E-state index contributed by atoms with van der Waals surface area (Å²) < 4.78 is 25.0. The Morgan fingerprint density at radius 3 is 2.33 bits per heavy atom. The molecule has 5 nitrogen and oxygen atoms in total. The average molecular weight is 312 g/mol. The predicted molar refractivity (Wildman–Crippen MR) is 84.8 cm³/mol. The number of carbonyl (C=O) groups excluding carboxylic acids is 1. The molecule has 1 amide bonds. The summed E-state index contributed by atoms with van der Waals surface area (Å²) in [4.78, 5) is 12.3. The van der Waals surface area contributed by atoms with Gasteiger partial charge in [0.05, 0.1) is 4.90 Å². The van der Waals surface area contributed by atoms with E-state index in [1.54, 1.807) is 13.0 Å². The van der Waals surface area contributed by atoms with Crippen LogP contribution < -0.4 is 11.1 Å². The summed E-state index contributed by atoms with van der Waals surface area (Å²) in [5.74, 6) is -0.460. The predicted octanol–water partition coefficient (Wildman–Crippen LogP) is 2.04. The molecule has 3 N–H and O–H groups in total. The molecule has 0 radical (unpaired) electrons. The molecule has 6 heteroatoms. The van der Waals surface area contributed by atoms with E-state index in [2.05, 4.69) is 5.32 Å². The molecule has 0 heterocycles. The molecule has 0 saturated carbocycles. The highest BCUT2D eigenvalue weighted by atomic mass is 32.2. The number of amides is 1. The number of hydrogen-bond acceptors (Lipinski definition) is 4. The quantitative estimate of drug-likeness (QED) is 0.787. The highest BCUT2D eigenvalue weighted by Gasteiger charge is 2.30. The molecule has 0 aliphatic carbocycles. The third-order valence-corrected chi connectivity index (χ3v) is 5.79. The van der Waals surface area contributed by atoms with Crippen LogP contribution in [-0.2, 0) is 14.6 Å². The fourth-order valence-corrected chi connectivity index (χ4v) is 3.34. The molecule has 0 spiro atoms. The first-order valence-corrected chi connectivity index (χ1v) is 8.69. The van der Waals surface area contributed by atoms with E-state index >= 15 is 0 Å². The van der Waals surface area contributed by atoms with Crippen molar-refractivity contribution in [3.05, 3.63) is 23.8 Å². The summed E-state index contributed by atoms with van der Waals surface area (Å²) >= 11 is 0. The third kappa shape index (κ3) is 3.97. The lowest BCUT2D eigenvalue weighted by molar-refractivity contribution is -0.121. The zero-order valence-electron chi connectivity index (χ0n) is 13.0. The maximum Gasteiger partial charge on any atom is 0.238 e. The Hall–Kier alpha value is -1.56. The number of anilines is 1. The van der Waals surface area contributed by atoms with Crippen LogP contribution in [0.15, 0.2) is 23.1 Å². The molecule has 0 bridgehead atoms. The molecule has 1 unspecified atom stereocenters. The standard InChI is InChI=1S/C15H24N2O3S/c1-5-12(6-2)17-15(18)11(4)21(19,20)13-7-8-14(16)10(3)9-13/h7-9,11-12H,5-6,16H2,1-4H3,(H,17,18). The van der Waals surface area contributed by atoms with Crippen LogP contribution in [0, 0.1) is 6.92 Å². The van der Waals surface area contributed by atoms with E-state index in [1.807, 2.05) is 13.8 Å². The highest BCUT2D eigenvalue weighted by molar-refractivity contribution is 7.92. The Morgan fingerprint density at radius 1 is 1.29 bits per heavy atom. The summed E-state index contributed by atoms with van der Waals surface area (Å²) in [5, 5.41) is 1.65. The number of aryl methyl sites for hydroxylation is 1. The second kappa shape index (κ2) is 6.93. The number of hydrogen-bond donors (Lipinski definition) is 2. The molecular weight excluding hydrogens is 288 g/mol. The van der Waals surface area contributed by atoms with Crippen molar-refractivity contribution in [2.24, 2.45) is 0 Å². The van der Waals surface area contributed by atoms with Gasteiger partial charge in [0.2, 0.25) is 5.91 Å². The fraction of sp³-hybridized carbons (Fsp3) is 0.533. The first-order valence-electron chi connectivity index (χ1n) is 7.14. The molecule has 0 aliphatic rings. The van der Waals surface area contributed by atoms with Crippen LogP contribution >= 0.6 is 0 Å². The molecular formula is C15H24N2O3S. The smallest absolute Gasteiger partial charge is 0.238 e. The molecule has 1 aromatic carbocycles. The summed E-state index contributed by atoms with van der Waals surface area (Å²) in [5.41, 5.74) is 6.91. The van der Waals surface area contributed by atoms with Crippen LogP contribution in [0.4, 0.5) is 5.69 Å². The van der Waals surface area contributed by atoms with Gasteiger partial charge >= 0.3 is 0 Å². The van der Waals surface area contributed by atoms with Crippen molar-refractivity contribution in [1.82, 2.24) is 5.32 Å². The van der Waals surface area contributed by atoms with Crippen molar-refractivity contribution >= 4 is 21.4 Å². The van der Waals surface area contributed by atoms with Crippen LogP contribution in [0.1, 0.15) is 39.2 Å². The fourth-order valence-electron chi connectivity index (χ4n) is 1.98. The molecule has 21 heavy (non-hydrogen) atoms. The van der Waals surface area contributed by atoms with Gasteiger partial charge in [-0.2, -0.15) is 0 Å². The van der Waals surface area contributed by atoms with Crippen LogP contribution in [0.3, 0.4) is 0 Å². The Morgan fingerprint density at radius 2 is 1.86 bits per heavy atom. The van der Waals surface area contributed by atoms with Gasteiger partial charge in [-0.15, -0.1) is 0 Å². The van der Waals surface area contributed by atoms with E-state index in [1.165, 1.54) is 19.1 Å². The van der Waals surface area contributed by atoms with Crippen molar-refractivity contribution in [1.29, 1.82) is 0 Å². The molecule has 0 saturated heterocycles. The summed E-state index contributed by atoms with van der Waals surface area (Å²) in [6, 6.07) is 4.50. The largest absolute Gasteiger partial charge is 0.399 e. The minimum absolute atomic E-state index is 0.00306. The minimum Gasteiger partial charge on any atom is -0.399 e. The number of benzene rings is 1. The highest BCUT2D eigenvalue weighted by Crippen LogP contribution is 2.21. The lowest BCUT2D eigenvalue weighted by atomic mass is 10.2. The zero-order chi connectivity index (χ0) is 16.2. The molecule has 1 aromatic rings. The minimum atomic E-state index is -3.71. The zero-order valence-corrected chi connectivity index (χ0v) is 13.8. The van der Waals surface area contributed by atoms with Gasteiger partial charge in [0.1, 0.15) is 5.25 Å². The monoisotopic (exact) mass is 312 g/mol. The lowest BCUT2D eigenvalue weighted by Gasteiger charge is -2.19. The van der Waals surface area contributed by atoms with E-state index < -0.39 is 21.0 Å². The van der Waals surface area contributed by atoms with Gasteiger partial charge < -0.3 is 11.1 Å². The Kier molecular flexibility index (Phi) is 5.78. The van der Waals surface area contributed by atoms with Gasteiger partial charge in [0.25, 0.3) is 0 Å². The molecule has 0 aromatic heterocycles. The van der Waals surface area contributed by atoms with Crippen molar-refractivity contribution in [2.75, 3.05) is 5.73 Å². The lowest BCUT2D eigenvalue weighted by Crippen LogP contribution is -2.43. The third-order valence-electron chi connectivity index (χ3n) is 3.74. The van der Waals surface area contributed by atoms with E-state index in [0.29, 0.717) is 11.3 Å². The number of nitrogen functional groups attached to an aromatic ring is 1. The molecule has 1 atom stereocenters. The number of nitrogens with one attached hydrogen (secondary N) is 1. The first kappa shape index (κ1) is 17.5. The van der Waals surface area contributed by atoms with E-state index in [9.17, 15) is 13.2 Å². The van der Waals surface area contributed by atoms with Gasteiger partial charge in [0, 0.05) is 11.7 Å². The van der Waals surface area contributed by atoms with Crippen molar-refractivity contribution in [3.63, 3.8) is 0 Å². The molecule has 1 rings (SSSR count). The van der Waals surface area contributed by atoms with Gasteiger partial charge in [-0.25, -0.2) is 8.42 Å². The van der Waals surface area contributed by atoms with Crippen molar-refractivity contribution < 1.29 is 13.2 Å². The second-order valence-corrected chi connectivity index (χ2v) is 7.50. The van der Waals surface area contributed by atoms with E-state index in [-0.39, 0.29) is 10.9 Å². The maximum absolute atomic E-state index is 12.5. The van der Waals surface area contributed by atoms with Gasteiger partial charge in [-0.1, -0.05) is 13.8 Å². The maximum atomic E-state index is 12.5. The summed E-state index contributed by atoms with van der Waals surface area (Å²) in [6.07, 6.45) is 1.55. The van der Waals surface area contributed by atoms with E-state index in [0.717, 1.165) is 12.8 Å². The average Bonchev–Trinajstić information content (AvgIpc) is 2.46. The van der Waals surface area contributed by atoms with Crippen LogP contribution in [-0.4, -0.2) is 25.6 Å². The van der Waals surface area contributed by atoms with Crippen LogP contribution in [0.2, 0.25) is 0 Å². The van der Waals surface area contributed by atoms with Crippen LogP contribution in [0.5, 0.6) is 0 Å². The number of sulfone groups is 1. The molecule has 0 aliphatic heterocycles. The van der Waals surface area contributed by atoms with E-state index in [4.69, 9.17) is 5.73 Å². The molecule has 0 fully saturated rings. The van der Waals surface area contributed by atoms with Crippen molar-refractivity contribution in [3.8, 4) is 0 Å². The SMILES string of the molecule is CCC(CC)NC(=O)C(C)S(=O)(=O)c1ccc(N)c(C)c1. The van der Waals surface area contributed by atoms with Crippen LogP contribution in [0.25, 0.3) is 0 Å². The van der Waals surface area contributed by atoms with Gasteiger partial charge in [0.15, 0.2) is 9.84 Å². The Balaban J connectivity index is 3.00. The second-order valence-electron chi connectivity index (χ2n) is 5.23. The number of rotatable bonds is 6. The van der Waals surface area contributed by atoms with Gasteiger partial charge in [-0.05, 0) is 50.5 Å². The Bertz CT molecular complexity index is 607. The summed E-state index contributed by atoms with van der Waals surface area (Å²) in [7, 11) is -3.71. The Labute approximate surface area is 126 Å². The molecule has 118 valence electrons.